The molecule has 0 saturated heterocycles. The van der Waals surface area contributed by atoms with Crippen LogP contribution in [0.4, 0.5) is 8.78 Å². The first-order valence-electron chi connectivity index (χ1n) is 6.77. The molecule has 20 heavy (non-hydrogen) atoms. The van der Waals surface area contributed by atoms with E-state index in [0.29, 0.717) is 18.5 Å². The van der Waals surface area contributed by atoms with Crippen LogP contribution in [0, 0.1) is 25.5 Å². The van der Waals surface area contributed by atoms with Gasteiger partial charge in [-0.25, -0.2) is 8.78 Å². The van der Waals surface area contributed by atoms with Crippen molar-refractivity contribution in [2.24, 2.45) is 0 Å². The minimum atomic E-state index is -0.519. The second-order valence-corrected chi connectivity index (χ2v) is 5.06. The summed E-state index contributed by atoms with van der Waals surface area (Å²) in [5, 5.41) is 3.31. The van der Waals surface area contributed by atoms with Gasteiger partial charge in [0.15, 0.2) is 0 Å². The molecule has 0 unspecified atom stereocenters. The predicted molar refractivity (Wildman–Crippen MR) is 77.7 cm³/mol. The topological polar surface area (TPSA) is 12.0 Å². The SMILES string of the molecule is Cc1cccc(CNCCc2cc(F)cc(F)c2)c1C. The van der Waals surface area contributed by atoms with Crippen molar-refractivity contribution in [3.8, 4) is 0 Å². The van der Waals surface area contributed by atoms with Crippen molar-refractivity contribution in [2.45, 2.75) is 26.8 Å². The Balaban J connectivity index is 1.86. The molecular weight excluding hydrogens is 256 g/mol. The van der Waals surface area contributed by atoms with Gasteiger partial charge in [-0.2, -0.15) is 0 Å². The number of aryl methyl sites for hydroxylation is 1. The van der Waals surface area contributed by atoms with Gasteiger partial charge in [0.05, 0.1) is 0 Å². The smallest absolute Gasteiger partial charge is 0.126 e. The molecule has 0 aromatic heterocycles. The molecule has 0 aliphatic carbocycles. The highest BCUT2D eigenvalue weighted by molar-refractivity contribution is 5.32. The van der Waals surface area contributed by atoms with Crippen LogP contribution in [0.2, 0.25) is 0 Å². The molecule has 0 bridgehead atoms. The summed E-state index contributed by atoms with van der Waals surface area (Å²) >= 11 is 0. The average Bonchev–Trinajstić information content (AvgIpc) is 2.38. The Morgan fingerprint density at radius 2 is 1.70 bits per heavy atom. The number of rotatable bonds is 5. The van der Waals surface area contributed by atoms with Gasteiger partial charge in [0, 0.05) is 12.6 Å². The van der Waals surface area contributed by atoms with E-state index in [4.69, 9.17) is 0 Å². The van der Waals surface area contributed by atoms with E-state index in [1.165, 1.54) is 28.8 Å². The van der Waals surface area contributed by atoms with Gasteiger partial charge in [-0.05, 0) is 61.2 Å². The van der Waals surface area contributed by atoms with Gasteiger partial charge < -0.3 is 5.32 Å². The molecular formula is C17H19F2N. The van der Waals surface area contributed by atoms with E-state index in [2.05, 4.69) is 31.3 Å². The van der Waals surface area contributed by atoms with Crippen LogP contribution < -0.4 is 5.32 Å². The highest BCUT2D eigenvalue weighted by Gasteiger charge is 2.02. The maximum Gasteiger partial charge on any atom is 0.126 e. The molecule has 0 atom stereocenters. The van der Waals surface area contributed by atoms with Gasteiger partial charge in [-0.1, -0.05) is 18.2 Å². The summed E-state index contributed by atoms with van der Waals surface area (Å²) in [4.78, 5) is 0. The Kier molecular flexibility index (Phi) is 4.85. The lowest BCUT2D eigenvalue weighted by Crippen LogP contribution is -2.17. The zero-order valence-electron chi connectivity index (χ0n) is 11.8. The van der Waals surface area contributed by atoms with Crippen molar-refractivity contribution < 1.29 is 8.78 Å². The first kappa shape index (κ1) is 14.7. The third kappa shape index (κ3) is 3.87. The van der Waals surface area contributed by atoms with Gasteiger partial charge in [-0.15, -0.1) is 0 Å². The molecule has 1 nitrogen and oxygen atoms in total. The molecule has 2 aromatic carbocycles. The summed E-state index contributed by atoms with van der Waals surface area (Å²) in [6, 6.07) is 9.88. The van der Waals surface area contributed by atoms with Crippen LogP contribution in [0.1, 0.15) is 22.3 Å². The maximum atomic E-state index is 13.0. The number of benzene rings is 2. The molecule has 0 radical (unpaired) electrons. The summed E-state index contributed by atoms with van der Waals surface area (Å²) in [5.41, 5.74) is 4.50. The van der Waals surface area contributed by atoms with E-state index >= 15 is 0 Å². The Hall–Kier alpha value is -1.74. The molecule has 1 N–H and O–H groups in total. The first-order valence-corrected chi connectivity index (χ1v) is 6.77. The number of hydrogen-bond acceptors (Lipinski definition) is 1. The third-order valence-electron chi connectivity index (χ3n) is 3.55. The van der Waals surface area contributed by atoms with Crippen molar-refractivity contribution in [1.82, 2.24) is 5.32 Å². The summed E-state index contributed by atoms with van der Waals surface area (Å²) in [6.45, 7) is 5.66. The summed E-state index contributed by atoms with van der Waals surface area (Å²) in [5.74, 6) is -1.04. The summed E-state index contributed by atoms with van der Waals surface area (Å²) < 4.78 is 26.1. The number of hydrogen-bond donors (Lipinski definition) is 1. The fourth-order valence-corrected chi connectivity index (χ4v) is 2.21. The van der Waals surface area contributed by atoms with Crippen molar-refractivity contribution in [3.05, 3.63) is 70.3 Å². The number of nitrogens with one attached hydrogen (secondary N) is 1. The zero-order chi connectivity index (χ0) is 14.5. The van der Waals surface area contributed by atoms with Gasteiger partial charge in [0.2, 0.25) is 0 Å². The van der Waals surface area contributed by atoms with E-state index in [1.54, 1.807) is 0 Å². The van der Waals surface area contributed by atoms with Crippen LogP contribution in [0.3, 0.4) is 0 Å². The van der Waals surface area contributed by atoms with Gasteiger partial charge in [0.25, 0.3) is 0 Å². The second-order valence-electron chi connectivity index (χ2n) is 5.06. The lowest BCUT2D eigenvalue weighted by atomic mass is 10.0. The van der Waals surface area contributed by atoms with E-state index in [9.17, 15) is 8.78 Å². The van der Waals surface area contributed by atoms with Crippen LogP contribution >= 0.6 is 0 Å². The molecule has 0 fully saturated rings. The fourth-order valence-electron chi connectivity index (χ4n) is 2.21. The standard InChI is InChI=1S/C17H19F2N/c1-12-4-3-5-15(13(12)2)11-20-7-6-14-8-16(18)10-17(19)9-14/h3-5,8-10,20H,6-7,11H2,1-2H3. The normalized spacial score (nSPS) is 10.8. The molecule has 2 rings (SSSR count). The van der Waals surface area contributed by atoms with Crippen LogP contribution in [0.15, 0.2) is 36.4 Å². The van der Waals surface area contributed by atoms with Crippen molar-refractivity contribution in [2.75, 3.05) is 6.54 Å². The van der Waals surface area contributed by atoms with Crippen molar-refractivity contribution >= 4 is 0 Å². The Labute approximate surface area is 118 Å². The van der Waals surface area contributed by atoms with E-state index < -0.39 is 11.6 Å². The molecule has 0 amide bonds. The first-order chi connectivity index (χ1) is 9.56. The monoisotopic (exact) mass is 275 g/mol. The Morgan fingerprint density at radius 1 is 1.00 bits per heavy atom. The van der Waals surface area contributed by atoms with Crippen LogP contribution in [0.25, 0.3) is 0 Å². The molecule has 0 saturated carbocycles. The summed E-state index contributed by atoms with van der Waals surface area (Å²) in [6.07, 6.45) is 0.611. The molecule has 0 heterocycles. The molecule has 0 aliphatic heterocycles. The Morgan fingerprint density at radius 3 is 2.40 bits per heavy atom. The van der Waals surface area contributed by atoms with Gasteiger partial charge in [0.1, 0.15) is 11.6 Å². The van der Waals surface area contributed by atoms with Crippen molar-refractivity contribution in [3.63, 3.8) is 0 Å². The molecule has 0 spiro atoms. The summed E-state index contributed by atoms with van der Waals surface area (Å²) in [7, 11) is 0. The highest BCUT2D eigenvalue weighted by Crippen LogP contribution is 2.12. The third-order valence-corrected chi connectivity index (χ3v) is 3.55. The molecule has 3 heteroatoms. The second kappa shape index (κ2) is 6.62. The number of halogens is 2. The largest absolute Gasteiger partial charge is 0.312 e. The van der Waals surface area contributed by atoms with E-state index in [-0.39, 0.29) is 0 Å². The fraction of sp³-hybridized carbons (Fsp3) is 0.294. The van der Waals surface area contributed by atoms with Crippen LogP contribution in [-0.2, 0) is 13.0 Å². The highest BCUT2D eigenvalue weighted by atomic mass is 19.1. The molecule has 0 aliphatic rings. The van der Waals surface area contributed by atoms with E-state index in [0.717, 1.165) is 12.6 Å². The minimum Gasteiger partial charge on any atom is -0.312 e. The molecule has 106 valence electrons. The van der Waals surface area contributed by atoms with Gasteiger partial charge >= 0.3 is 0 Å². The lowest BCUT2D eigenvalue weighted by molar-refractivity contribution is 0.577. The van der Waals surface area contributed by atoms with Gasteiger partial charge in [-0.3, -0.25) is 0 Å². The Bertz CT molecular complexity index is 573. The van der Waals surface area contributed by atoms with Crippen LogP contribution in [0.5, 0.6) is 0 Å². The van der Waals surface area contributed by atoms with Crippen molar-refractivity contribution in [1.29, 1.82) is 0 Å². The molecule has 2 aromatic rings. The van der Waals surface area contributed by atoms with E-state index in [1.807, 2.05) is 6.07 Å². The maximum absolute atomic E-state index is 13.0. The predicted octanol–water partition coefficient (Wildman–Crippen LogP) is 3.91. The zero-order valence-corrected chi connectivity index (χ0v) is 11.8. The lowest BCUT2D eigenvalue weighted by Gasteiger charge is -2.10. The average molecular weight is 275 g/mol. The van der Waals surface area contributed by atoms with Crippen LogP contribution in [-0.4, -0.2) is 6.54 Å². The quantitative estimate of drug-likeness (QED) is 0.816. The minimum absolute atomic E-state index is 0.519.